The van der Waals surface area contributed by atoms with Crippen molar-refractivity contribution in [1.82, 2.24) is 0 Å². The summed E-state index contributed by atoms with van der Waals surface area (Å²) < 4.78 is 12.9. The zero-order chi connectivity index (χ0) is 40.3. The second-order valence-corrected chi connectivity index (χ2v) is 16.6. The molecule has 0 atom stereocenters. The van der Waals surface area contributed by atoms with Crippen LogP contribution in [0.2, 0.25) is 0 Å². The number of fused-ring (bicyclic) bond motifs is 10. The van der Waals surface area contributed by atoms with Gasteiger partial charge in [0.2, 0.25) is 0 Å². The lowest BCUT2D eigenvalue weighted by molar-refractivity contribution is 0.669. The van der Waals surface area contributed by atoms with Crippen molar-refractivity contribution in [3.8, 4) is 22.3 Å². The van der Waals surface area contributed by atoms with Crippen molar-refractivity contribution in [2.75, 3.05) is 9.80 Å². The average Bonchev–Trinajstić information content (AvgIpc) is 3.88. The summed E-state index contributed by atoms with van der Waals surface area (Å²) in [6.45, 7) is 4.46. The van der Waals surface area contributed by atoms with E-state index in [0.717, 1.165) is 77.5 Å². The minimum absolute atomic E-state index is 0.0693. The quantitative estimate of drug-likeness (QED) is 0.167. The molecule has 0 radical (unpaired) electrons. The highest BCUT2D eigenvalue weighted by Gasteiger charge is 2.43. The minimum atomic E-state index is 0.0693. The molecule has 0 spiro atoms. The molecule has 11 aromatic rings. The van der Waals surface area contributed by atoms with Crippen LogP contribution in [0.15, 0.2) is 197 Å². The summed E-state index contributed by atoms with van der Waals surface area (Å²) in [6.07, 6.45) is 0. The SMILES string of the molecule is Cc1ccc2c(c1)N(c1ccc(-c3cccc4c3oc3ccccc34)cc1)c1cccc3c1B2c1ccc(C)cc1N3c1ccc(-c2cccc3c2oc2ccccc23)cc1. The molecule has 0 amide bonds. The van der Waals surface area contributed by atoms with E-state index in [1.165, 1.54) is 50.3 Å². The number of benzene rings is 9. The van der Waals surface area contributed by atoms with Gasteiger partial charge in [0.15, 0.2) is 0 Å². The summed E-state index contributed by atoms with van der Waals surface area (Å²) in [5, 5.41) is 4.55. The molecule has 0 N–H and O–H groups in total. The first-order valence-corrected chi connectivity index (χ1v) is 21.0. The Morgan fingerprint density at radius 3 is 1.28 bits per heavy atom. The van der Waals surface area contributed by atoms with E-state index >= 15 is 0 Å². The van der Waals surface area contributed by atoms with E-state index in [1.54, 1.807) is 0 Å². The summed E-state index contributed by atoms with van der Waals surface area (Å²) in [7, 11) is 0. The number of rotatable bonds is 4. The van der Waals surface area contributed by atoms with Gasteiger partial charge in [-0.15, -0.1) is 0 Å². The molecule has 0 saturated heterocycles. The van der Waals surface area contributed by atoms with Crippen LogP contribution in [-0.2, 0) is 0 Å². The molecule has 4 nitrogen and oxygen atoms in total. The maximum Gasteiger partial charge on any atom is 0.252 e. The molecule has 61 heavy (non-hydrogen) atoms. The highest BCUT2D eigenvalue weighted by molar-refractivity contribution is 7.00. The van der Waals surface area contributed by atoms with E-state index in [4.69, 9.17) is 8.83 Å². The Bertz CT molecular complexity index is 3350. The van der Waals surface area contributed by atoms with Crippen molar-refractivity contribution in [1.29, 1.82) is 0 Å². The Kier molecular flexibility index (Phi) is 7.20. The third-order valence-electron chi connectivity index (χ3n) is 13.0. The fourth-order valence-corrected chi connectivity index (χ4v) is 10.2. The van der Waals surface area contributed by atoms with Crippen molar-refractivity contribution in [3.63, 3.8) is 0 Å². The molecule has 0 unspecified atom stereocenters. The van der Waals surface area contributed by atoms with E-state index in [1.807, 2.05) is 24.3 Å². The molecule has 0 saturated carbocycles. The van der Waals surface area contributed by atoms with Crippen LogP contribution in [0.5, 0.6) is 0 Å². The molecule has 2 aliphatic rings. The predicted molar refractivity (Wildman–Crippen MR) is 255 cm³/mol. The molecule has 0 aliphatic carbocycles. The molecule has 286 valence electrons. The predicted octanol–water partition coefficient (Wildman–Crippen LogP) is 13.5. The Morgan fingerprint density at radius 2 is 0.803 bits per heavy atom. The van der Waals surface area contributed by atoms with Gasteiger partial charge in [-0.05, 0) is 113 Å². The number of furan rings is 2. The molecule has 2 aliphatic heterocycles. The lowest BCUT2D eigenvalue weighted by Gasteiger charge is -2.44. The highest BCUT2D eigenvalue weighted by atomic mass is 16.3. The van der Waals surface area contributed by atoms with Crippen LogP contribution in [0.3, 0.4) is 0 Å². The topological polar surface area (TPSA) is 32.8 Å². The Labute approximate surface area is 353 Å². The monoisotopic (exact) mass is 780 g/mol. The molecule has 0 fully saturated rings. The van der Waals surface area contributed by atoms with Crippen molar-refractivity contribution in [2.24, 2.45) is 0 Å². The summed E-state index contributed by atoms with van der Waals surface area (Å²) in [5.74, 6) is 0. The average molecular weight is 781 g/mol. The van der Waals surface area contributed by atoms with Crippen LogP contribution >= 0.6 is 0 Å². The fourth-order valence-electron chi connectivity index (χ4n) is 10.2. The van der Waals surface area contributed by atoms with Crippen molar-refractivity contribution in [3.05, 3.63) is 199 Å². The van der Waals surface area contributed by atoms with Crippen LogP contribution in [0.25, 0.3) is 66.1 Å². The summed E-state index contributed by atoms with van der Waals surface area (Å²) in [6, 6.07) is 68.3. The second-order valence-electron chi connectivity index (χ2n) is 16.6. The van der Waals surface area contributed by atoms with Crippen LogP contribution in [0.1, 0.15) is 11.1 Å². The van der Waals surface area contributed by atoms with Crippen LogP contribution in [0, 0.1) is 13.8 Å². The largest absolute Gasteiger partial charge is 0.455 e. The van der Waals surface area contributed by atoms with Crippen LogP contribution < -0.4 is 26.2 Å². The minimum Gasteiger partial charge on any atom is -0.455 e. The van der Waals surface area contributed by atoms with E-state index in [-0.39, 0.29) is 6.71 Å². The molecule has 2 aromatic heterocycles. The van der Waals surface area contributed by atoms with Crippen LogP contribution in [-0.4, -0.2) is 6.71 Å². The maximum absolute atomic E-state index is 6.46. The van der Waals surface area contributed by atoms with E-state index < -0.39 is 0 Å². The lowest BCUT2D eigenvalue weighted by atomic mass is 9.33. The van der Waals surface area contributed by atoms with Gasteiger partial charge in [0.25, 0.3) is 6.71 Å². The van der Waals surface area contributed by atoms with Crippen molar-refractivity contribution >= 4 is 101 Å². The summed E-state index contributed by atoms with van der Waals surface area (Å²) in [5.41, 5.74) is 21.5. The number of para-hydroxylation sites is 4. The zero-order valence-electron chi connectivity index (χ0n) is 33.7. The van der Waals surface area contributed by atoms with E-state index in [2.05, 4.69) is 187 Å². The molecule has 5 heteroatoms. The number of hydrogen-bond donors (Lipinski definition) is 0. The van der Waals surface area contributed by atoms with Gasteiger partial charge in [0.1, 0.15) is 22.3 Å². The zero-order valence-corrected chi connectivity index (χ0v) is 33.7. The number of hydrogen-bond acceptors (Lipinski definition) is 4. The fraction of sp³-hybridized carbons (Fsp3) is 0.0357. The molecule has 0 bridgehead atoms. The summed E-state index contributed by atoms with van der Waals surface area (Å²) >= 11 is 0. The first-order chi connectivity index (χ1) is 30.1. The van der Waals surface area contributed by atoms with Gasteiger partial charge >= 0.3 is 0 Å². The molecular weight excluding hydrogens is 743 g/mol. The number of nitrogens with zero attached hydrogens (tertiary/aromatic N) is 2. The van der Waals surface area contributed by atoms with E-state index in [0.29, 0.717) is 0 Å². The van der Waals surface area contributed by atoms with Gasteiger partial charge in [-0.3, -0.25) is 0 Å². The highest BCUT2D eigenvalue weighted by Crippen LogP contribution is 2.46. The van der Waals surface area contributed by atoms with Crippen LogP contribution in [0.4, 0.5) is 34.1 Å². The van der Waals surface area contributed by atoms with Gasteiger partial charge in [-0.25, -0.2) is 0 Å². The smallest absolute Gasteiger partial charge is 0.252 e. The first-order valence-electron chi connectivity index (χ1n) is 21.0. The van der Waals surface area contributed by atoms with Crippen molar-refractivity contribution < 1.29 is 8.83 Å². The standard InChI is InChI=1S/C56H37BN2O2/c1-34-20-30-46-50(32-34)58(38-26-22-36(23-27-38)40-12-7-14-44-42-10-3-5-18-52(42)60-55(40)44)48-16-9-17-49-54(48)57(46)47-31-21-35(2)33-51(47)59(49)39-28-24-37(25-29-39)41-13-8-15-45-43-11-4-6-19-53(43)61-56(41)45/h3-33H,1-2H3. The van der Waals surface area contributed by atoms with Crippen molar-refractivity contribution in [2.45, 2.75) is 13.8 Å². The van der Waals surface area contributed by atoms with Gasteiger partial charge in [-0.1, -0.05) is 127 Å². The maximum atomic E-state index is 6.46. The molecule has 4 heterocycles. The Morgan fingerprint density at radius 1 is 0.377 bits per heavy atom. The lowest BCUT2D eigenvalue weighted by Crippen LogP contribution is -2.61. The first kappa shape index (κ1) is 34.1. The van der Waals surface area contributed by atoms with Gasteiger partial charge in [0.05, 0.1) is 0 Å². The third-order valence-corrected chi connectivity index (χ3v) is 13.0. The Balaban J connectivity index is 0.955. The molecule has 13 rings (SSSR count). The number of anilines is 6. The van der Waals surface area contributed by atoms with Gasteiger partial charge < -0.3 is 18.6 Å². The summed E-state index contributed by atoms with van der Waals surface area (Å²) in [4.78, 5) is 4.94. The Hall–Kier alpha value is -7.76. The molecular formula is C56H37BN2O2. The van der Waals surface area contributed by atoms with E-state index in [9.17, 15) is 0 Å². The third kappa shape index (κ3) is 5.01. The van der Waals surface area contributed by atoms with Gasteiger partial charge in [-0.2, -0.15) is 0 Å². The normalized spacial score (nSPS) is 13.0. The second kappa shape index (κ2) is 12.9. The molecule has 9 aromatic carbocycles. The van der Waals surface area contributed by atoms with Gasteiger partial charge in [0, 0.05) is 66.8 Å². The number of aryl methyl sites for hydroxylation is 2.